The first-order valence-electron chi connectivity index (χ1n) is 5.50. The van der Waals surface area contributed by atoms with E-state index < -0.39 is 10.0 Å². The molecule has 0 fully saturated rings. The Hall–Kier alpha value is -1.58. The van der Waals surface area contributed by atoms with Gasteiger partial charge in [-0.1, -0.05) is 0 Å². The van der Waals surface area contributed by atoms with Crippen LogP contribution < -0.4 is 5.73 Å². The lowest BCUT2D eigenvalue weighted by molar-refractivity contribution is 0.476. The van der Waals surface area contributed by atoms with Crippen LogP contribution in [0.1, 0.15) is 17.5 Å². The molecule has 0 aromatic heterocycles. The largest absolute Gasteiger partial charge is 0.399 e. The lowest BCUT2D eigenvalue weighted by Crippen LogP contribution is -2.28. The van der Waals surface area contributed by atoms with Crippen LogP contribution in [-0.2, 0) is 10.0 Å². The summed E-state index contributed by atoms with van der Waals surface area (Å²) in [6.45, 7) is 3.74. The number of sulfonamides is 1. The van der Waals surface area contributed by atoms with Crippen LogP contribution in [0.3, 0.4) is 0 Å². The van der Waals surface area contributed by atoms with E-state index in [-0.39, 0.29) is 17.9 Å². The molecule has 1 aromatic rings. The summed E-state index contributed by atoms with van der Waals surface area (Å²) in [4.78, 5) is 0.209. The Bertz CT molecular complexity index is 588. The maximum absolute atomic E-state index is 12.3. The molecule has 98 valence electrons. The summed E-state index contributed by atoms with van der Waals surface area (Å²) in [5, 5.41) is 8.50. The number of hydrogen-bond donors (Lipinski definition) is 1. The molecule has 0 radical (unpaired) electrons. The first-order chi connectivity index (χ1) is 8.30. The van der Waals surface area contributed by atoms with Gasteiger partial charge in [-0.25, -0.2) is 8.42 Å². The molecule has 0 bridgehead atoms. The smallest absolute Gasteiger partial charge is 0.243 e. The van der Waals surface area contributed by atoms with Gasteiger partial charge in [-0.2, -0.15) is 9.57 Å². The molecule has 0 saturated carbocycles. The first kappa shape index (κ1) is 14.5. The van der Waals surface area contributed by atoms with Gasteiger partial charge < -0.3 is 5.73 Å². The SMILES string of the molecule is Cc1cc(N)cc(S(=O)(=O)N(C)CCC#N)c1C. The molecule has 0 aliphatic heterocycles. The van der Waals surface area contributed by atoms with E-state index in [0.29, 0.717) is 11.3 Å². The van der Waals surface area contributed by atoms with Gasteiger partial charge in [0.15, 0.2) is 0 Å². The molecule has 1 aromatic carbocycles. The van der Waals surface area contributed by atoms with Gasteiger partial charge in [-0.3, -0.25) is 0 Å². The van der Waals surface area contributed by atoms with Gasteiger partial charge in [-0.05, 0) is 37.1 Å². The molecule has 0 spiro atoms. The topological polar surface area (TPSA) is 87.2 Å². The zero-order valence-electron chi connectivity index (χ0n) is 10.8. The van der Waals surface area contributed by atoms with Gasteiger partial charge in [-0.15, -0.1) is 0 Å². The van der Waals surface area contributed by atoms with Crippen LogP contribution in [0.25, 0.3) is 0 Å². The summed E-state index contributed by atoms with van der Waals surface area (Å²) in [5.41, 5.74) is 7.63. The van der Waals surface area contributed by atoms with E-state index in [1.54, 1.807) is 13.0 Å². The van der Waals surface area contributed by atoms with Gasteiger partial charge in [0.1, 0.15) is 0 Å². The molecule has 1 rings (SSSR count). The highest BCUT2D eigenvalue weighted by molar-refractivity contribution is 7.89. The molecule has 0 aliphatic carbocycles. The highest BCUT2D eigenvalue weighted by atomic mass is 32.2. The Labute approximate surface area is 108 Å². The Morgan fingerprint density at radius 3 is 2.56 bits per heavy atom. The van der Waals surface area contributed by atoms with Crippen LogP contribution in [-0.4, -0.2) is 26.3 Å². The normalized spacial score (nSPS) is 11.5. The van der Waals surface area contributed by atoms with Crippen molar-refractivity contribution >= 4 is 15.7 Å². The second kappa shape index (κ2) is 5.38. The van der Waals surface area contributed by atoms with Crippen molar-refractivity contribution in [1.29, 1.82) is 5.26 Å². The summed E-state index contributed by atoms with van der Waals surface area (Å²) >= 11 is 0. The third kappa shape index (κ3) is 2.81. The molecule has 6 heteroatoms. The quantitative estimate of drug-likeness (QED) is 0.836. The first-order valence-corrected chi connectivity index (χ1v) is 6.94. The summed E-state index contributed by atoms with van der Waals surface area (Å²) in [6.07, 6.45) is 0.163. The van der Waals surface area contributed by atoms with Crippen molar-refractivity contribution in [1.82, 2.24) is 4.31 Å². The van der Waals surface area contributed by atoms with Crippen molar-refractivity contribution in [2.75, 3.05) is 19.3 Å². The Morgan fingerprint density at radius 2 is 2.00 bits per heavy atom. The summed E-state index contributed by atoms with van der Waals surface area (Å²) in [7, 11) is -2.12. The lowest BCUT2D eigenvalue weighted by atomic mass is 10.1. The monoisotopic (exact) mass is 267 g/mol. The number of hydrogen-bond acceptors (Lipinski definition) is 4. The molecule has 2 N–H and O–H groups in total. The summed E-state index contributed by atoms with van der Waals surface area (Å²) in [6, 6.07) is 5.13. The maximum atomic E-state index is 12.3. The number of nitrogens with zero attached hydrogens (tertiary/aromatic N) is 2. The molecule has 0 atom stereocenters. The molecule has 0 saturated heterocycles. The minimum Gasteiger partial charge on any atom is -0.399 e. The Balaban J connectivity index is 3.25. The number of anilines is 1. The van der Waals surface area contributed by atoms with Gasteiger partial charge in [0.25, 0.3) is 0 Å². The van der Waals surface area contributed by atoms with E-state index in [9.17, 15) is 8.42 Å². The third-order valence-electron chi connectivity index (χ3n) is 2.87. The molecular formula is C12H17N3O2S. The minimum atomic E-state index is -3.58. The predicted molar refractivity (Wildman–Crippen MR) is 70.4 cm³/mol. The average molecular weight is 267 g/mol. The Morgan fingerprint density at radius 1 is 1.39 bits per heavy atom. The van der Waals surface area contributed by atoms with Gasteiger partial charge >= 0.3 is 0 Å². The van der Waals surface area contributed by atoms with Crippen molar-refractivity contribution in [2.24, 2.45) is 0 Å². The second-order valence-corrected chi connectivity index (χ2v) is 6.21. The highest BCUT2D eigenvalue weighted by Crippen LogP contribution is 2.24. The van der Waals surface area contributed by atoms with Gasteiger partial charge in [0, 0.05) is 25.7 Å². The number of nitrogens with two attached hydrogens (primary N) is 1. The summed E-state index contributed by atoms with van der Waals surface area (Å²) in [5.74, 6) is 0. The van der Waals surface area contributed by atoms with Crippen LogP contribution in [0.5, 0.6) is 0 Å². The van der Waals surface area contributed by atoms with E-state index in [1.807, 2.05) is 13.0 Å². The van der Waals surface area contributed by atoms with Crippen LogP contribution in [0.2, 0.25) is 0 Å². The maximum Gasteiger partial charge on any atom is 0.243 e. The molecule has 5 nitrogen and oxygen atoms in total. The summed E-state index contributed by atoms with van der Waals surface area (Å²) < 4.78 is 25.8. The number of aryl methyl sites for hydroxylation is 1. The molecular weight excluding hydrogens is 250 g/mol. The van der Waals surface area contributed by atoms with E-state index >= 15 is 0 Å². The van der Waals surface area contributed by atoms with E-state index in [2.05, 4.69) is 0 Å². The number of nitrogen functional groups attached to an aromatic ring is 1. The van der Waals surface area contributed by atoms with Crippen LogP contribution >= 0.6 is 0 Å². The molecule has 0 aliphatic rings. The number of benzene rings is 1. The standard InChI is InChI=1S/C12H17N3O2S/c1-9-7-11(14)8-12(10(9)2)18(16,17)15(3)6-4-5-13/h7-8H,4,6,14H2,1-3H3. The predicted octanol–water partition coefficient (Wildman–Crippen LogP) is 1.42. The van der Waals surface area contributed by atoms with Crippen LogP contribution in [0, 0.1) is 25.2 Å². The number of rotatable bonds is 4. The van der Waals surface area contributed by atoms with Crippen molar-refractivity contribution in [3.63, 3.8) is 0 Å². The van der Waals surface area contributed by atoms with Crippen molar-refractivity contribution in [2.45, 2.75) is 25.2 Å². The second-order valence-electron chi connectivity index (χ2n) is 4.20. The molecule has 0 amide bonds. The lowest BCUT2D eigenvalue weighted by Gasteiger charge is -2.18. The zero-order valence-corrected chi connectivity index (χ0v) is 11.6. The van der Waals surface area contributed by atoms with Crippen LogP contribution in [0.4, 0.5) is 5.69 Å². The van der Waals surface area contributed by atoms with E-state index in [4.69, 9.17) is 11.0 Å². The van der Waals surface area contributed by atoms with Gasteiger partial charge in [0.2, 0.25) is 10.0 Å². The van der Waals surface area contributed by atoms with Crippen molar-refractivity contribution in [3.05, 3.63) is 23.3 Å². The minimum absolute atomic E-state index is 0.163. The van der Waals surface area contributed by atoms with E-state index in [0.717, 1.165) is 5.56 Å². The third-order valence-corrected chi connectivity index (χ3v) is 4.85. The van der Waals surface area contributed by atoms with E-state index in [1.165, 1.54) is 17.4 Å². The Kier molecular flexibility index (Phi) is 4.33. The fourth-order valence-electron chi connectivity index (χ4n) is 1.62. The van der Waals surface area contributed by atoms with Crippen LogP contribution in [0.15, 0.2) is 17.0 Å². The number of nitriles is 1. The van der Waals surface area contributed by atoms with Crippen molar-refractivity contribution in [3.8, 4) is 6.07 Å². The fraction of sp³-hybridized carbons (Fsp3) is 0.417. The molecule has 0 heterocycles. The zero-order chi connectivity index (χ0) is 13.9. The average Bonchev–Trinajstić information content (AvgIpc) is 2.30. The fourth-order valence-corrected chi connectivity index (χ4v) is 3.12. The van der Waals surface area contributed by atoms with Gasteiger partial charge in [0.05, 0.1) is 11.0 Å². The molecule has 18 heavy (non-hydrogen) atoms. The van der Waals surface area contributed by atoms with Crippen molar-refractivity contribution < 1.29 is 8.42 Å². The molecule has 0 unspecified atom stereocenters. The highest BCUT2D eigenvalue weighted by Gasteiger charge is 2.23.